The van der Waals surface area contributed by atoms with Gasteiger partial charge in [-0.25, -0.2) is 0 Å². The Kier molecular flexibility index (Phi) is 5.42. The van der Waals surface area contributed by atoms with E-state index in [1.165, 1.54) is 22.3 Å². The van der Waals surface area contributed by atoms with E-state index >= 15 is 0 Å². The van der Waals surface area contributed by atoms with E-state index in [9.17, 15) is 0 Å². The van der Waals surface area contributed by atoms with Crippen LogP contribution in [0.4, 0.5) is 0 Å². The number of aryl methyl sites for hydroxylation is 3. The third-order valence-electron chi connectivity index (χ3n) is 4.71. The van der Waals surface area contributed by atoms with Gasteiger partial charge in [-0.2, -0.15) is 0 Å². The summed E-state index contributed by atoms with van der Waals surface area (Å²) in [7, 11) is 0. The fourth-order valence-corrected chi connectivity index (χ4v) is 3.56. The monoisotopic (exact) mass is 291 g/mol. The molecule has 1 saturated heterocycles. The van der Waals surface area contributed by atoms with Gasteiger partial charge in [0.25, 0.3) is 0 Å². The molecule has 1 fully saturated rings. The zero-order chi connectivity index (χ0) is 15.5. The molecular weight excluding hydrogens is 262 g/mol. The summed E-state index contributed by atoms with van der Waals surface area (Å²) in [6, 6.07) is 4.50. The molecule has 0 aromatic heterocycles. The first kappa shape index (κ1) is 16.5. The highest BCUT2D eigenvalue weighted by Gasteiger charge is 2.39. The van der Waals surface area contributed by atoms with Crippen LogP contribution in [0.3, 0.4) is 0 Å². The lowest BCUT2D eigenvalue weighted by Crippen LogP contribution is -2.54. The van der Waals surface area contributed by atoms with Gasteiger partial charge in [0.15, 0.2) is 0 Å². The van der Waals surface area contributed by atoms with Gasteiger partial charge in [0, 0.05) is 38.7 Å². The number of rotatable bonds is 5. The lowest BCUT2D eigenvalue weighted by atomic mass is 9.81. The predicted molar refractivity (Wildman–Crippen MR) is 86.7 cm³/mol. The number of nitrogens with two attached hydrogens (primary N) is 1. The molecule has 1 atom stereocenters. The minimum atomic E-state index is -0.225. The summed E-state index contributed by atoms with van der Waals surface area (Å²) in [4.78, 5) is 0. The van der Waals surface area contributed by atoms with Crippen LogP contribution in [-0.2, 0) is 15.9 Å². The van der Waals surface area contributed by atoms with E-state index in [2.05, 4.69) is 32.9 Å². The molecule has 1 aliphatic heterocycles. The van der Waals surface area contributed by atoms with E-state index in [-0.39, 0.29) is 11.6 Å². The third-order valence-corrected chi connectivity index (χ3v) is 4.71. The van der Waals surface area contributed by atoms with E-state index in [0.717, 1.165) is 32.5 Å². The molecule has 0 saturated carbocycles. The van der Waals surface area contributed by atoms with Crippen LogP contribution in [0.5, 0.6) is 0 Å². The summed E-state index contributed by atoms with van der Waals surface area (Å²) in [6.45, 7) is 10.8. The molecule has 0 amide bonds. The minimum Gasteiger partial charge on any atom is -0.381 e. The normalized spacial score (nSPS) is 19.5. The van der Waals surface area contributed by atoms with Gasteiger partial charge in [-0.1, -0.05) is 17.7 Å². The first-order valence-corrected chi connectivity index (χ1v) is 8.02. The van der Waals surface area contributed by atoms with Crippen molar-refractivity contribution < 1.29 is 9.47 Å². The van der Waals surface area contributed by atoms with Crippen LogP contribution >= 0.6 is 0 Å². The van der Waals surface area contributed by atoms with E-state index in [1.54, 1.807) is 0 Å². The topological polar surface area (TPSA) is 44.5 Å². The number of ether oxygens (including phenoxy) is 2. The molecule has 1 aromatic rings. The second-order valence-electron chi connectivity index (χ2n) is 6.30. The molecule has 2 rings (SSSR count). The molecule has 1 unspecified atom stereocenters. The lowest BCUT2D eigenvalue weighted by Gasteiger charge is -2.41. The Morgan fingerprint density at radius 3 is 2.29 bits per heavy atom. The quantitative estimate of drug-likeness (QED) is 0.907. The van der Waals surface area contributed by atoms with Crippen molar-refractivity contribution in [2.75, 3.05) is 19.8 Å². The van der Waals surface area contributed by atoms with Gasteiger partial charge < -0.3 is 15.2 Å². The van der Waals surface area contributed by atoms with E-state index in [4.69, 9.17) is 15.2 Å². The highest BCUT2D eigenvalue weighted by Crippen LogP contribution is 2.31. The lowest BCUT2D eigenvalue weighted by molar-refractivity contribution is -0.120. The average Bonchev–Trinajstić information content (AvgIpc) is 2.44. The smallest absolute Gasteiger partial charge is 0.0879 e. The maximum absolute atomic E-state index is 6.60. The predicted octanol–water partition coefficient (Wildman–Crippen LogP) is 3.07. The first-order valence-electron chi connectivity index (χ1n) is 8.02. The molecule has 3 nitrogen and oxygen atoms in total. The van der Waals surface area contributed by atoms with Crippen molar-refractivity contribution in [3.05, 3.63) is 34.4 Å². The van der Waals surface area contributed by atoms with E-state index < -0.39 is 0 Å². The molecule has 0 spiro atoms. The average molecular weight is 291 g/mol. The van der Waals surface area contributed by atoms with Gasteiger partial charge in [0.2, 0.25) is 0 Å². The molecule has 0 aliphatic carbocycles. The second-order valence-corrected chi connectivity index (χ2v) is 6.30. The molecule has 0 radical (unpaired) electrons. The van der Waals surface area contributed by atoms with Crippen LogP contribution in [0.1, 0.15) is 42.0 Å². The van der Waals surface area contributed by atoms with Crippen LogP contribution in [-0.4, -0.2) is 31.5 Å². The van der Waals surface area contributed by atoms with Crippen LogP contribution in [0.2, 0.25) is 0 Å². The zero-order valence-electron chi connectivity index (χ0n) is 13.9. The van der Waals surface area contributed by atoms with Gasteiger partial charge in [0.05, 0.1) is 5.60 Å². The van der Waals surface area contributed by atoms with E-state index in [0.29, 0.717) is 6.61 Å². The maximum Gasteiger partial charge on any atom is 0.0879 e. The Labute approximate surface area is 128 Å². The summed E-state index contributed by atoms with van der Waals surface area (Å²) >= 11 is 0. The molecule has 0 bridgehead atoms. The van der Waals surface area contributed by atoms with Gasteiger partial charge in [-0.15, -0.1) is 0 Å². The van der Waals surface area contributed by atoms with E-state index in [1.807, 2.05) is 6.92 Å². The summed E-state index contributed by atoms with van der Waals surface area (Å²) in [5.74, 6) is 0. The largest absolute Gasteiger partial charge is 0.381 e. The molecular formula is C18H29NO2. The fourth-order valence-electron chi connectivity index (χ4n) is 3.56. The standard InChI is InChI=1S/C18H29NO2/c1-5-21-18(6-8-20-9-7-18)17(19)12-16-14(3)10-13(2)11-15(16)4/h10-11,17H,5-9,12,19H2,1-4H3. The van der Waals surface area contributed by atoms with Crippen LogP contribution < -0.4 is 5.73 Å². The molecule has 1 aromatic carbocycles. The van der Waals surface area contributed by atoms with Crippen molar-refractivity contribution in [1.82, 2.24) is 0 Å². The van der Waals surface area contributed by atoms with Crippen molar-refractivity contribution in [1.29, 1.82) is 0 Å². The van der Waals surface area contributed by atoms with Crippen LogP contribution in [0.25, 0.3) is 0 Å². The van der Waals surface area contributed by atoms with Crippen molar-refractivity contribution in [2.45, 2.75) is 58.6 Å². The molecule has 1 heterocycles. The molecule has 1 aliphatic rings. The Morgan fingerprint density at radius 2 is 1.76 bits per heavy atom. The number of hydrogen-bond acceptors (Lipinski definition) is 3. The zero-order valence-corrected chi connectivity index (χ0v) is 13.9. The van der Waals surface area contributed by atoms with Crippen molar-refractivity contribution in [3.8, 4) is 0 Å². The highest BCUT2D eigenvalue weighted by atomic mass is 16.5. The molecule has 2 N–H and O–H groups in total. The van der Waals surface area contributed by atoms with Crippen LogP contribution in [0, 0.1) is 20.8 Å². The minimum absolute atomic E-state index is 0.0152. The summed E-state index contributed by atoms with van der Waals surface area (Å²) in [6.07, 6.45) is 2.66. The molecule has 21 heavy (non-hydrogen) atoms. The SMILES string of the molecule is CCOC1(C(N)Cc2c(C)cc(C)cc2C)CCOCC1. The summed E-state index contributed by atoms with van der Waals surface area (Å²) < 4.78 is 11.6. The number of hydrogen-bond donors (Lipinski definition) is 1. The Balaban J connectivity index is 2.21. The van der Waals surface area contributed by atoms with Gasteiger partial charge >= 0.3 is 0 Å². The second kappa shape index (κ2) is 6.91. The summed E-state index contributed by atoms with van der Waals surface area (Å²) in [5, 5.41) is 0. The Morgan fingerprint density at radius 1 is 1.19 bits per heavy atom. The molecule has 118 valence electrons. The maximum atomic E-state index is 6.60. The Hall–Kier alpha value is -0.900. The van der Waals surface area contributed by atoms with Crippen LogP contribution in [0.15, 0.2) is 12.1 Å². The van der Waals surface area contributed by atoms with Gasteiger partial charge in [0.1, 0.15) is 0 Å². The summed E-state index contributed by atoms with van der Waals surface area (Å²) in [5.41, 5.74) is 11.7. The highest BCUT2D eigenvalue weighted by molar-refractivity contribution is 5.38. The molecule has 3 heteroatoms. The van der Waals surface area contributed by atoms with Crippen molar-refractivity contribution in [3.63, 3.8) is 0 Å². The van der Waals surface area contributed by atoms with Crippen molar-refractivity contribution >= 4 is 0 Å². The van der Waals surface area contributed by atoms with Gasteiger partial charge in [-0.3, -0.25) is 0 Å². The third kappa shape index (κ3) is 3.65. The Bertz CT molecular complexity index is 450. The van der Waals surface area contributed by atoms with Crippen molar-refractivity contribution in [2.24, 2.45) is 5.73 Å². The number of benzene rings is 1. The fraction of sp³-hybridized carbons (Fsp3) is 0.667. The first-order chi connectivity index (χ1) is 9.98. The van der Waals surface area contributed by atoms with Gasteiger partial charge in [-0.05, 0) is 50.8 Å².